The van der Waals surface area contributed by atoms with Crippen LogP contribution in [0.2, 0.25) is 0 Å². The van der Waals surface area contributed by atoms with Crippen LogP contribution in [0.25, 0.3) is 0 Å². The van der Waals surface area contributed by atoms with Crippen molar-refractivity contribution in [1.29, 1.82) is 0 Å². The topological polar surface area (TPSA) is 38.0 Å². The van der Waals surface area contributed by atoms with Crippen molar-refractivity contribution < 1.29 is 0 Å². The van der Waals surface area contributed by atoms with Gasteiger partial charge in [0.25, 0.3) is 0 Å². The van der Waals surface area contributed by atoms with Gasteiger partial charge in [0.2, 0.25) is 0 Å². The van der Waals surface area contributed by atoms with Gasteiger partial charge >= 0.3 is 0 Å². The first-order valence-electron chi connectivity index (χ1n) is 6.69. The molecule has 0 spiro atoms. The molecule has 1 heterocycles. The second kappa shape index (κ2) is 5.87. The zero-order valence-corrected chi connectivity index (χ0v) is 12.9. The molecule has 19 heavy (non-hydrogen) atoms. The van der Waals surface area contributed by atoms with E-state index >= 15 is 0 Å². The number of nitrogens with one attached hydrogen (secondary N) is 1. The molecule has 0 aliphatic carbocycles. The summed E-state index contributed by atoms with van der Waals surface area (Å²) < 4.78 is 0. The van der Waals surface area contributed by atoms with Crippen molar-refractivity contribution in [2.75, 3.05) is 0 Å². The molecular weight excluding hydrogens is 252 g/mol. The molecule has 0 aliphatic heterocycles. The molecule has 0 aliphatic rings. The zero-order valence-electron chi connectivity index (χ0n) is 12.1. The second-order valence-electron chi connectivity index (χ2n) is 5.05. The predicted molar refractivity (Wildman–Crippen MR) is 83.5 cm³/mol. The lowest BCUT2D eigenvalue weighted by Gasteiger charge is -2.19. The van der Waals surface area contributed by atoms with Crippen LogP contribution >= 0.6 is 11.3 Å². The average Bonchev–Trinajstić information content (AvgIpc) is 2.85. The first-order valence-corrected chi connectivity index (χ1v) is 7.51. The molecule has 1 unspecified atom stereocenters. The van der Waals surface area contributed by atoms with Crippen molar-refractivity contribution in [2.45, 2.75) is 40.2 Å². The van der Waals surface area contributed by atoms with Crippen LogP contribution < -0.4 is 11.3 Å². The molecule has 2 nitrogen and oxygen atoms in total. The van der Waals surface area contributed by atoms with E-state index in [1.165, 1.54) is 32.0 Å². The summed E-state index contributed by atoms with van der Waals surface area (Å²) in [6, 6.07) is 8.96. The molecule has 0 fully saturated rings. The lowest BCUT2D eigenvalue weighted by Crippen LogP contribution is -2.28. The van der Waals surface area contributed by atoms with Gasteiger partial charge in [0, 0.05) is 9.75 Å². The van der Waals surface area contributed by atoms with E-state index in [2.05, 4.69) is 57.4 Å². The molecule has 1 aromatic heterocycles. The summed E-state index contributed by atoms with van der Waals surface area (Å²) in [5.74, 6) is 5.80. The van der Waals surface area contributed by atoms with Crippen LogP contribution in [0.5, 0.6) is 0 Å². The highest BCUT2D eigenvalue weighted by Gasteiger charge is 2.17. The Morgan fingerprint density at radius 1 is 1.11 bits per heavy atom. The Hall–Kier alpha value is -1.16. The maximum Gasteiger partial charge on any atom is 0.0805 e. The first-order chi connectivity index (χ1) is 9.06. The van der Waals surface area contributed by atoms with Crippen molar-refractivity contribution in [3.63, 3.8) is 0 Å². The van der Waals surface area contributed by atoms with Gasteiger partial charge in [-0.25, -0.2) is 5.43 Å². The van der Waals surface area contributed by atoms with Crippen LogP contribution in [0.4, 0.5) is 0 Å². The molecule has 102 valence electrons. The summed E-state index contributed by atoms with van der Waals surface area (Å²) in [6.45, 7) is 8.64. The highest BCUT2D eigenvalue weighted by molar-refractivity contribution is 7.12. The lowest BCUT2D eigenvalue weighted by atomic mass is 9.95. The molecule has 0 saturated heterocycles. The molecule has 1 aromatic carbocycles. The SMILES string of the molecule is CCc1ccc(C(NN)c2cc(C)c(C)cc2C)s1. The zero-order chi connectivity index (χ0) is 14.0. The summed E-state index contributed by atoms with van der Waals surface area (Å²) in [6.07, 6.45) is 1.08. The van der Waals surface area contributed by atoms with Crippen molar-refractivity contribution in [3.8, 4) is 0 Å². The van der Waals surface area contributed by atoms with Gasteiger partial charge in [-0.05, 0) is 61.6 Å². The molecule has 0 amide bonds. The molecule has 3 N–H and O–H groups in total. The Bertz CT molecular complexity index is 572. The van der Waals surface area contributed by atoms with Crippen molar-refractivity contribution in [1.82, 2.24) is 5.43 Å². The Kier molecular flexibility index (Phi) is 4.40. The average molecular weight is 274 g/mol. The van der Waals surface area contributed by atoms with Gasteiger partial charge in [0.05, 0.1) is 6.04 Å². The van der Waals surface area contributed by atoms with Crippen molar-refractivity contribution in [3.05, 3.63) is 56.3 Å². The Labute approximate surface area is 119 Å². The third-order valence-corrected chi connectivity index (χ3v) is 4.97. The third kappa shape index (κ3) is 2.89. The van der Waals surface area contributed by atoms with E-state index in [1.54, 1.807) is 0 Å². The number of rotatable bonds is 4. The summed E-state index contributed by atoms with van der Waals surface area (Å²) in [5, 5.41) is 0. The third-order valence-electron chi connectivity index (χ3n) is 3.68. The van der Waals surface area contributed by atoms with Gasteiger partial charge in [-0.1, -0.05) is 19.1 Å². The van der Waals surface area contributed by atoms with Crippen LogP contribution in [0.15, 0.2) is 24.3 Å². The maximum atomic E-state index is 5.80. The van der Waals surface area contributed by atoms with Gasteiger partial charge in [-0.3, -0.25) is 5.84 Å². The summed E-state index contributed by atoms with van der Waals surface area (Å²) >= 11 is 1.84. The van der Waals surface area contributed by atoms with Gasteiger partial charge in [-0.15, -0.1) is 11.3 Å². The van der Waals surface area contributed by atoms with Crippen molar-refractivity contribution >= 4 is 11.3 Å². The molecule has 0 radical (unpaired) electrons. The minimum absolute atomic E-state index is 0.0876. The van der Waals surface area contributed by atoms with E-state index in [1.807, 2.05) is 11.3 Å². The van der Waals surface area contributed by atoms with Crippen LogP contribution in [0, 0.1) is 20.8 Å². The quantitative estimate of drug-likeness (QED) is 0.657. The summed E-state index contributed by atoms with van der Waals surface area (Å²) in [4.78, 5) is 2.68. The molecule has 2 aromatic rings. The Morgan fingerprint density at radius 3 is 2.37 bits per heavy atom. The Balaban J connectivity index is 2.44. The number of hydrogen-bond donors (Lipinski definition) is 2. The number of thiophene rings is 1. The molecular formula is C16H22N2S. The van der Waals surface area contributed by atoms with E-state index in [0.717, 1.165) is 6.42 Å². The molecule has 1 atom stereocenters. The number of hydrazine groups is 1. The van der Waals surface area contributed by atoms with Crippen LogP contribution in [0.1, 0.15) is 45.0 Å². The Morgan fingerprint density at radius 2 is 1.79 bits per heavy atom. The minimum atomic E-state index is 0.0876. The van der Waals surface area contributed by atoms with Gasteiger partial charge < -0.3 is 0 Å². The number of aryl methyl sites for hydroxylation is 4. The normalized spacial score (nSPS) is 12.7. The number of benzene rings is 1. The molecule has 0 saturated carbocycles. The van der Waals surface area contributed by atoms with E-state index in [-0.39, 0.29) is 6.04 Å². The second-order valence-corrected chi connectivity index (χ2v) is 6.25. The smallest absolute Gasteiger partial charge is 0.0805 e. The molecule has 3 heteroatoms. The molecule has 2 rings (SSSR count). The van der Waals surface area contributed by atoms with E-state index in [4.69, 9.17) is 5.84 Å². The van der Waals surface area contributed by atoms with Crippen LogP contribution in [-0.2, 0) is 6.42 Å². The highest BCUT2D eigenvalue weighted by Crippen LogP contribution is 2.31. The summed E-state index contributed by atoms with van der Waals surface area (Å²) in [7, 11) is 0. The van der Waals surface area contributed by atoms with E-state index < -0.39 is 0 Å². The van der Waals surface area contributed by atoms with E-state index in [0.29, 0.717) is 0 Å². The van der Waals surface area contributed by atoms with Gasteiger partial charge in [0.15, 0.2) is 0 Å². The van der Waals surface area contributed by atoms with Crippen molar-refractivity contribution in [2.24, 2.45) is 5.84 Å². The highest BCUT2D eigenvalue weighted by atomic mass is 32.1. The number of hydrogen-bond acceptors (Lipinski definition) is 3. The monoisotopic (exact) mass is 274 g/mol. The van der Waals surface area contributed by atoms with Gasteiger partial charge in [-0.2, -0.15) is 0 Å². The van der Waals surface area contributed by atoms with E-state index in [9.17, 15) is 0 Å². The largest absolute Gasteiger partial charge is 0.271 e. The van der Waals surface area contributed by atoms with Crippen LogP contribution in [-0.4, -0.2) is 0 Å². The summed E-state index contributed by atoms with van der Waals surface area (Å²) in [5.41, 5.74) is 8.18. The fourth-order valence-corrected chi connectivity index (χ4v) is 3.39. The fraction of sp³-hybridized carbons (Fsp3) is 0.375. The van der Waals surface area contributed by atoms with Gasteiger partial charge in [0.1, 0.15) is 0 Å². The number of nitrogens with two attached hydrogens (primary N) is 1. The fourth-order valence-electron chi connectivity index (χ4n) is 2.36. The standard InChI is InChI=1S/C16H22N2S/c1-5-13-6-7-15(19-13)16(18-17)14-9-11(3)10(2)8-12(14)4/h6-9,16,18H,5,17H2,1-4H3. The first kappa shape index (κ1) is 14.3. The van der Waals surface area contributed by atoms with Crippen LogP contribution in [0.3, 0.4) is 0 Å². The lowest BCUT2D eigenvalue weighted by molar-refractivity contribution is 0.642. The predicted octanol–water partition coefficient (Wildman–Crippen LogP) is 3.79. The maximum absolute atomic E-state index is 5.80. The minimum Gasteiger partial charge on any atom is -0.271 e. The molecule has 0 bridgehead atoms.